The lowest BCUT2D eigenvalue weighted by molar-refractivity contribution is 0.0953. The molecule has 2 N–H and O–H groups in total. The van der Waals surface area contributed by atoms with Gasteiger partial charge in [0.25, 0.3) is 5.91 Å². The second kappa shape index (κ2) is 8.82. The van der Waals surface area contributed by atoms with Crippen molar-refractivity contribution in [2.45, 2.75) is 19.9 Å². The van der Waals surface area contributed by atoms with E-state index in [0.717, 1.165) is 11.1 Å². The van der Waals surface area contributed by atoms with E-state index in [1.807, 2.05) is 38.1 Å². The van der Waals surface area contributed by atoms with Gasteiger partial charge in [-0.05, 0) is 37.6 Å². The molecule has 0 aliphatic rings. The smallest absolute Gasteiger partial charge is 0.317 e. The van der Waals surface area contributed by atoms with Gasteiger partial charge < -0.3 is 15.5 Å². The van der Waals surface area contributed by atoms with E-state index in [-0.39, 0.29) is 18.0 Å². The molecule has 0 saturated heterocycles. The van der Waals surface area contributed by atoms with Crippen molar-refractivity contribution in [1.82, 2.24) is 20.5 Å². The van der Waals surface area contributed by atoms with Crippen LogP contribution < -0.4 is 10.6 Å². The highest BCUT2D eigenvalue weighted by atomic mass is 16.2. The molecule has 0 fully saturated rings. The van der Waals surface area contributed by atoms with E-state index < -0.39 is 0 Å². The first-order chi connectivity index (χ1) is 12.0. The molecule has 0 unspecified atom stereocenters. The summed E-state index contributed by atoms with van der Waals surface area (Å²) in [6.07, 6.45) is 3.45. The lowest BCUT2D eigenvalue weighted by atomic mass is 10.1. The number of aryl methyl sites for hydroxylation is 1. The Morgan fingerprint density at radius 3 is 2.44 bits per heavy atom. The van der Waals surface area contributed by atoms with Crippen LogP contribution in [0.2, 0.25) is 0 Å². The third kappa shape index (κ3) is 5.31. The average Bonchev–Trinajstić information content (AvgIpc) is 2.65. The van der Waals surface area contributed by atoms with Crippen LogP contribution in [-0.2, 0) is 0 Å². The third-order valence-corrected chi connectivity index (χ3v) is 4.07. The Hall–Kier alpha value is -2.89. The van der Waals surface area contributed by atoms with Gasteiger partial charge in [0.2, 0.25) is 0 Å². The number of carbonyl (C=O) groups is 2. The molecule has 6 nitrogen and oxygen atoms in total. The van der Waals surface area contributed by atoms with E-state index in [0.29, 0.717) is 18.7 Å². The predicted octanol–water partition coefficient (Wildman–Crippen LogP) is 2.52. The van der Waals surface area contributed by atoms with Crippen molar-refractivity contribution >= 4 is 11.9 Å². The van der Waals surface area contributed by atoms with E-state index in [1.165, 1.54) is 0 Å². The summed E-state index contributed by atoms with van der Waals surface area (Å²) < 4.78 is 0. The first-order valence-corrected chi connectivity index (χ1v) is 8.24. The quantitative estimate of drug-likeness (QED) is 0.794. The van der Waals surface area contributed by atoms with Crippen LogP contribution in [0, 0.1) is 6.92 Å². The average molecular weight is 340 g/mol. The zero-order valence-electron chi connectivity index (χ0n) is 14.8. The Kier molecular flexibility index (Phi) is 6.51. The minimum Gasteiger partial charge on any atom is -0.350 e. The fourth-order valence-corrected chi connectivity index (χ4v) is 2.30. The van der Waals surface area contributed by atoms with Crippen LogP contribution in [0.3, 0.4) is 0 Å². The van der Waals surface area contributed by atoms with Crippen molar-refractivity contribution in [3.63, 3.8) is 0 Å². The van der Waals surface area contributed by atoms with E-state index in [9.17, 15) is 9.59 Å². The molecule has 3 amide bonds. The van der Waals surface area contributed by atoms with Crippen molar-refractivity contribution in [3.8, 4) is 0 Å². The molecule has 1 aromatic carbocycles. The first-order valence-electron chi connectivity index (χ1n) is 8.24. The molecule has 0 saturated carbocycles. The van der Waals surface area contributed by atoms with Gasteiger partial charge in [0, 0.05) is 38.1 Å². The summed E-state index contributed by atoms with van der Waals surface area (Å²) in [6.45, 7) is 4.64. The molecule has 1 atom stereocenters. The standard InChI is InChI=1S/C19H24N4O2/c1-14-6-8-16(9-7-14)18(24)21-11-12-22-19(25)23(3)15(2)17-5-4-10-20-13-17/h4-10,13,15H,11-12H2,1-3H3,(H,21,24)(H,22,25)/t15-/m1/s1. The lowest BCUT2D eigenvalue weighted by Gasteiger charge is -2.25. The van der Waals surface area contributed by atoms with Gasteiger partial charge in [-0.3, -0.25) is 9.78 Å². The van der Waals surface area contributed by atoms with Crippen molar-refractivity contribution in [2.75, 3.05) is 20.1 Å². The summed E-state index contributed by atoms with van der Waals surface area (Å²) in [5.41, 5.74) is 2.68. The molecule has 0 radical (unpaired) electrons. The van der Waals surface area contributed by atoms with Gasteiger partial charge in [0.1, 0.15) is 0 Å². The van der Waals surface area contributed by atoms with Crippen LogP contribution >= 0.6 is 0 Å². The highest BCUT2D eigenvalue weighted by Crippen LogP contribution is 2.16. The number of hydrogen-bond acceptors (Lipinski definition) is 3. The zero-order valence-corrected chi connectivity index (χ0v) is 14.8. The highest BCUT2D eigenvalue weighted by molar-refractivity contribution is 5.94. The summed E-state index contributed by atoms with van der Waals surface area (Å²) >= 11 is 0. The van der Waals surface area contributed by atoms with Gasteiger partial charge in [-0.2, -0.15) is 0 Å². The molecule has 25 heavy (non-hydrogen) atoms. The van der Waals surface area contributed by atoms with E-state index in [1.54, 1.807) is 36.5 Å². The summed E-state index contributed by atoms with van der Waals surface area (Å²) in [4.78, 5) is 29.9. The number of nitrogens with one attached hydrogen (secondary N) is 2. The van der Waals surface area contributed by atoms with Gasteiger partial charge in [0.05, 0.1) is 6.04 Å². The number of pyridine rings is 1. The van der Waals surface area contributed by atoms with E-state index in [4.69, 9.17) is 0 Å². The summed E-state index contributed by atoms with van der Waals surface area (Å²) in [7, 11) is 1.73. The molecule has 0 spiro atoms. The molecule has 2 rings (SSSR count). The van der Waals surface area contributed by atoms with Crippen LogP contribution in [0.1, 0.15) is 34.5 Å². The second-order valence-electron chi connectivity index (χ2n) is 5.93. The van der Waals surface area contributed by atoms with Crippen LogP contribution in [0.25, 0.3) is 0 Å². The van der Waals surface area contributed by atoms with Crippen LogP contribution in [0.5, 0.6) is 0 Å². The Balaban J connectivity index is 1.74. The Morgan fingerprint density at radius 1 is 1.12 bits per heavy atom. The van der Waals surface area contributed by atoms with Gasteiger partial charge in [-0.25, -0.2) is 4.79 Å². The van der Waals surface area contributed by atoms with E-state index >= 15 is 0 Å². The largest absolute Gasteiger partial charge is 0.350 e. The van der Waals surface area contributed by atoms with Crippen molar-refractivity contribution in [2.24, 2.45) is 0 Å². The molecular formula is C19H24N4O2. The highest BCUT2D eigenvalue weighted by Gasteiger charge is 2.16. The summed E-state index contributed by atoms with van der Waals surface area (Å²) in [5, 5.41) is 5.59. The van der Waals surface area contributed by atoms with Crippen LogP contribution in [0.15, 0.2) is 48.8 Å². The molecular weight excluding hydrogens is 316 g/mol. The number of hydrogen-bond donors (Lipinski definition) is 2. The van der Waals surface area contributed by atoms with Gasteiger partial charge in [-0.15, -0.1) is 0 Å². The lowest BCUT2D eigenvalue weighted by Crippen LogP contribution is -2.42. The number of benzene rings is 1. The fourth-order valence-electron chi connectivity index (χ4n) is 2.30. The molecule has 2 aromatic rings. The summed E-state index contributed by atoms with van der Waals surface area (Å²) in [6, 6.07) is 10.9. The number of urea groups is 1. The molecule has 0 bridgehead atoms. The molecule has 1 aromatic heterocycles. The second-order valence-corrected chi connectivity index (χ2v) is 5.93. The predicted molar refractivity (Wildman–Crippen MR) is 97.3 cm³/mol. The third-order valence-electron chi connectivity index (χ3n) is 4.07. The number of aromatic nitrogens is 1. The minimum atomic E-state index is -0.194. The maximum atomic E-state index is 12.2. The van der Waals surface area contributed by atoms with Crippen molar-refractivity contribution < 1.29 is 9.59 Å². The zero-order chi connectivity index (χ0) is 18.2. The number of amides is 3. The first kappa shape index (κ1) is 18.4. The maximum Gasteiger partial charge on any atom is 0.317 e. The van der Waals surface area contributed by atoms with Gasteiger partial charge >= 0.3 is 6.03 Å². The Labute approximate surface area is 148 Å². The van der Waals surface area contributed by atoms with Crippen LogP contribution in [-0.4, -0.2) is 42.0 Å². The van der Waals surface area contributed by atoms with E-state index in [2.05, 4.69) is 15.6 Å². The fraction of sp³-hybridized carbons (Fsp3) is 0.316. The molecule has 132 valence electrons. The Bertz CT molecular complexity index is 701. The Morgan fingerprint density at radius 2 is 1.80 bits per heavy atom. The maximum absolute atomic E-state index is 12.2. The van der Waals surface area contributed by atoms with Gasteiger partial charge in [0.15, 0.2) is 0 Å². The molecule has 1 heterocycles. The molecule has 0 aliphatic carbocycles. The number of nitrogens with zero attached hydrogens (tertiary/aromatic N) is 2. The molecule has 0 aliphatic heterocycles. The topological polar surface area (TPSA) is 74.3 Å². The minimum absolute atomic E-state index is 0.0872. The number of carbonyl (C=O) groups excluding carboxylic acids is 2. The normalized spacial score (nSPS) is 11.5. The monoisotopic (exact) mass is 340 g/mol. The van der Waals surface area contributed by atoms with Gasteiger partial charge in [-0.1, -0.05) is 23.8 Å². The molecule has 6 heteroatoms. The SMILES string of the molecule is Cc1ccc(C(=O)NCCNC(=O)N(C)[C@H](C)c2cccnc2)cc1. The number of rotatable bonds is 6. The van der Waals surface area contributed by atoms with Crippen molar-refractivity contribution in [1.29, 1.82) is 0 Å². The van der Waals surface area contributed by atoms with Crippen LogP contribution in [0.4, 0.5) is 4.79 Å². The summed E-state index contributed by atoms with van der Waals surface area (Å²) in [5.74, 6) is -0.147. The van der Waals surface area contributed by atoms with Crippen molar-refractivity contribution in [3.05, 3.63) is 65.5 Å².